The number of hydrogen-bond donors (Lipinski definition) is 2. The van der Waals surface area contributed by atoms with Crippen LogP contribution < -0.4 is 10.6 Å². The third-order valence-corrected chi connectivity index (χ3v) is 4.00. The highest BCUT2D eigenvalue weighted by Gasteiger charge is 2.28. The Hall–Kier alpha value is -1.10. The van der Waals surface area contributed by atoms with Crippen LogP contribution in [0.1, 0.15) is 40.5 Å². The molecule has 0 saturated carbocycles. The monoisotopic (exact) mass is 297 g/mol. The second-order valence-electron chi connectivity index (χ2n) is 7.21. The summed E-state index contributed by atoms with van der Waals surface area (Å²) in [6.07, 6.45) is 2.10. The van der Waals surface area contributed by atoms with Gasteiger partial charge in [0.2, 0.25) is 11.8 Å². The van der Waals surface area contributed by atoms with Crippen molar-refractivity contribution in [3.8, 4) is 0 Å². The van der Waals surface area contributed by atoms with E-state index in [2.05, 4.69) is 10.6 Å². The summed E-state index contributed by atoms with van der Waals surface area (Å²) in [6, 6.07) is 0. The number of rotatable bonds is 5. The van der Waals surface area contributed by atoms with Crippen LogP contribution in [-0.4, -0.2) is 49.9 Å². The van der Waals surface area contributed by atoms with E-state index in [1.807, 2.05) is 39.6 Å². The Morgan fingerprint density at radius 3 is 2.57 bits per heavy atom. The van der Waals surface area contributed by atoms with Gasteiger partial charge in [0, 0.05) is 37.5 Å². The van der Waals surface area contributed by atoms with Gasteiger partial charge in [-0.15, -0.1) is 0 Å². The van der Waals surface area contributed by atoms with Gasteiger partial charge in [-0.3, -0.25) is 9.59 Å². The van der Waals surface area contributed by atoms with Gasteiger partial charge in [0.15, 0.2) is 0 Å². The lowest BCUT2D eigenvalue weighted by atomic mass is 9.93. The standard InChI is InChI=1S/C16H31N3O2/c1-12(9-17-5)14(20)19-8-6-7-13(11-19)10-18-15(21)16(2,3)4/h12-13,17H,6-11H2,1-5H3,(H,18,21). The fourth-order valence-electron chi connectivity index (χ4n) is 2.64. The van der Waals surface area contributed by atoms with Crippen LogP contribution in [0.15, 0.2) is 0 Å². The summed E-state index contributed by atoms with van der Waals surface area (Å²) in [5.74, 6) is 0.680. The molecule has 5 nitrogen and oxygen atoms in total. The summed E-state index contributed by atoms with van der Waals surface area (Å²) in [7, 11) is 1.87. The van der Waals surface area contributed by atoms with Crippen LogP contribution in [0.5, 0.6) is 0 Å². The van der Waals surface area contributed by atoms with E-state index in [4.69, 9.17) is 0 Å². The van der Waals surface area contributed by atoms with Crippen LogP contribution in [-0.2, 0) is 9.59 Å². The van der Waals surface area contributed by atoms with Gasteiger partial charge in [-0.2, -0.15) is 0 Å². The lowest BCUT2D eigenvalue weighted by molar-refractivity contribution is -0.136. The normalized spacial score (nSPS) is 21.0. The van der Waals surface area contributed by atoms with Crippen molar-refractivity contribution in [2.75, 3.05) is 33.2 Å². The van der Waals surface area contributed by atoms with Crippen molar-refractivity contribution >= 4 is 11.8 Å². The number of likely N-dealkylation sites (tertiary alicyclic amines) is 1. The van der Waals surface area contributed by atoms with E-state index in [0.717, 1.165) is 25.9 Å². The van der Waals surface area contributed by atoms with Gasteiger partial charge in [-0.05, 0) is 25.8 Å². The van der Waals surface area contributed by atoms with Crippen molar-refractivity contribution in [2.24, 2.45) is 17.3 Å². The molecule has 0 radical (unpaired) electrons. The maximum atomic E-state index is 12.3. The Bertz CT molecular complexity index is 363. The van der Waals surface area contributed by atoms with Gasteiger partial charge in [-0.1, -0.05) is 27.7 Å². The summed E-state index contributed by atoms with van der Waals surface area (Å²) in [5, 5.41) is 6.07. The van der Waals surface area contributed by atoms with Crippen LogP contribution >= 0.6 is 0 Å². The minimum atomic E-state index is -0.356. The van der Waals surface area contributed by atoms with E-state index in [1.54, 1.807) is 0 Å². The molecule has 1 fully saturated rings. The highest BCUT2D eigenvalue weighted by atomic mass is 16.2. The average Bonchev–Trinajstić information content (AvgIpc) is 2.43. The van der Waals surface area contributed by atoms with Crippen molar-refractivity contribution in [2.45, 2.75) is 40.5 Å². The fourth-order valence-corrected chi connectivity index (χ4v) is 2.64. The largest absolute Gasteiger partial charge is 0.355 e. The van der Waals surface area contributed by atoms with Gasteiger partial charge >= 0.3 is 0 Å². The number of nitrogens with one attached hydrogen (secondary N) is 2. The Morgan fingerprint density at radius 2 is 2.00 bits per heavy atom. The summed E-state index contributed by atoms with van der Waals surface area (Å²) < 4.78 is 0. The van der Waals surface area contributed by atoms with Crippen LogP contribution in [0.25, 0.3) is 0 Å². The van der Waals surface area contributed by atoms with Crippen molar-refractivity contribution in [1.82, 2.24) is 15.5 Å². The van der Waals surface area contributed by atoms with E-state index >= 15 is 0 Å². The van der Waals surface area contributed by atoms with Gasteiger partial charge in [0.25, 0.3) is 0 Å². The van der Waals surface area contributed by atoms with E-state index in [0.29, 0.717) is 19.0 Å². The molecule has 2 unspecified atom stereocenters. The van der Waals surface area contributed by atoms with Crippen molar-refractivity contribution in [3.63, 3.8) is 0 Å². The van der Waals surface area contributed by atoms with Crippen molar-refractivity contribution in [1.29, 1.82) is 0 Å². The highest BCUT2D eigenvalue weighted by molar-refractivity contribution is 5.81. The first kappa shape index (κ1) is 18.0. The Kier molecular flexibility index (Phi) is 6.65. The average molecular weight is 297 g/mol. The summed E-state index contributed by atoms with van der Waals surface area (Å²) in [5.41, 5.74) is -0.356. The predicted molar refractivity (Wildman–Crippen MR) is 84.9 cm³/mol. The molecular formula is C16H31N3O2. The van der Waals surface area contributed by atoms with Crippen molar-refractivity contribution in [3.05, 3.63) is 0 Å². The van der Waals surface area contributed by atoms with Gasteiger partial charge in [0.1, 0.15) is 0 Å². The number of carbonyl (C=O) groups excluding carboxylic acids is 2. The zero-order chi connectivity index (χ0) is 16.0. The molecule has 1 saturated heterocycles. The van der Waals surface area contributed by atoms with E-state index in [9.17, 15) is 9.59 Å². The summed E-state index contributed by atoms with van der Waals surface area (Å²) in [4.78, 5) is 26.2. The molecule has 0 aromatic rings. The Labute approximate surface area is 128 Å². The molecule has 1 aliphatic rings. The van der Waals surface area contributed by atoms with E-state index < -0.39 is 0 Å². The first-order chi connectivity index (χ1) is 9.75. The smallest absolute Gasteiger partial charge is 0.226 e. The number of nitrogens with zero attached hydrogens (tertiary/aromatic N) is 1. The molecule has 5 heteroatoms. The number of hydrogen-bond acceptors (Lipinski definition) is 3. The summed E-state index contributed by atoms with van der Waals surface area (Å²) in [6.45, 7) is 10.7. The van der Waals surface area contributed by atoms with Crippen LogP contribution in [0.4, 0.5) is 0 Å². The maximum Gasteiger partial charge on any atom is 0.226 e. The maximum absolute atomic E-state index is 12.3. The predicted octanol–water partition coefficient (Wildman–Crippen LogP) is 1.24. The first-order valence-corrected chi connectivity index (χ1v) is 7.97. The number of carbonyl (C=O) groups is 2. The zero-order valence-corrected chi connectivity index (χ0v) is 14.2. The van der Waals surface area contributed by atoms with E-state index in [-0.39, 0.29) is 23.1 Å². The molecule has 0 bridgehead atoms. The lowest BCUT2D eigenvalue weighted by Gasteiger charge is -2.35. The molecule has 0 spiro atoms. The molecular weight excluding hydrogens is 266 g/mol. The van der Waals surface area contributed by atoms with Crippen LogP contribution in [0.3, 0.4) is 0 Å². The second kappa shape index (κ2) is 7.78. The van der Waals surface area contributed by atoms with Crippen molar-refractivity contribution < 1.29 is 9.59 Å². The molecule has 0 aromatic heterocycles. The Balaban J connectivity index is 2.45. The van der Waals surface area contributed by atoms with Crippen LogP contribution in [0, 0.1) is 17.3 Å². The Morgan fingerprint density at radius 1 is 1.33 bits per heavy atom. The van der Waals surface area contributed by atoms with Crippen LogP contribution in [0.2, 0.25) is 0 Å². The highest BCUT2D eigenvalue weighted by Crippen LogP contribution is 2.19. The molecule has 2 N–H and O–H groups in total. The van der Waals surface area contributed by atoms with Gasteiger partial charge < -0.3 is 15.5 Å². The first-order valence-electron chi connectivity index (χ1n) is 7.97. The minimum Gasteiger partial charge on any atom is -0.355 e. The zero-order valence-electron chi connectivity index (χ0n) is 14.2. The molecule has 2 amide bonds. The number of piperidine rings is 1. The molecule has 1 heterocycles. The molecule has 0 aromatic carbocycles. The fraction of sp³-hybridized carbons (Fsp3) is 0.875. The molecule has 1 rings (SSSR count). The SMILES string of the molecule is CNCC(C)C(=O)N1CCCC(CNC(=O)C(C)(C)C)C1. The molecule has 122 valence electrons. The van der Waals surface area contributed by atoms with Gasteiger partial charge in [0.05, 0.1) is 0 Å². The molecule has 2 atom stereocenters. The quantitative estimate of drug-likeness (QED) is 0.803. The van der Waals surface area contributed by atoms with Gasteiger partial charge in [-0.25, -0.2) is 0 Å². The molecule has 1 aliphatic heterocycles. The number of amides is 2. The van der Waals surface area contributed by atoms with E-state index in [1.165, 1.54) is 0 Å². The second-order valence-corrected chi connectivity index (χ2v) is 7.21. The third-order valence-electron chi connectivity index (χ3n) is 4.00. The molecule has 0 aliphatic carbocycles. The molecule has 21 heavy (non-hydrogen) atoms. The minimum absolute atomic E-state index is 0.0120. The lowest BCUT2D eigenvalue weighted by Crippen LogP contribution is -2.47. The summed E-state index contributed by atoms with van der Waals surface area (Å²) >= 11 is 0. The topological polar surface area (TPSA) is 61.4 Å². The third kappa shape index (κ3) is 5.65.